The predicted molar refractivity (Wildman–Crippen MR) is 81.0 cm³/mol. The van der Waals surface area contributed by atoms with E-state index in [1.165, 1.54) is 7.11 Å². The number of carbonyl (C=O) groups is 1. The summed E-state index contributed by atoms with van der Waals surface area (Å²) in [5.41, 5.74) is 2.01. The van der Waals surface area contributed by atoms with E-state index >= 15 is 0 Å². The molecule has 0 aliphatic rings. The van der Waals surface area contributed by atoms with Gasteiger partial charge in [-0.05, 0) is 11.6 Å². The van der Waals surface area contributed by atoms with Crippen LogP contribution in [0.4, 0.5) is 0 Å². The Hall–Kier alpha value is -2.14. The number of aromatic nitrogens is 2. The van der Waals surface area contributed by atoms with Crippen molar-refractivity contribution >= 4 is 5.97 Å². The molecule has 1 aromatic carbocycles. The standard InChI is InChI=1S/C16H21N3O2/c1-19-11-9-14(18-19)8-10-17-12-15(16(20)21-2)13-6-4-3-5-7-13/h3-7,9,11,15,17H,8,10,12H2,1-2H3. The third kappa shape index (κ3) is 4.43. The van der Waals surface area contributed by atoms with Crippen molar-refractivity contribution < 1.29 is 9.53 Å². The first kappa shape index (κ1) is 15.3. The van der Waals surface area contributed by atoms with Gasteiger partial charge in [-0.25, -0.2) is 0 Å². The largest absolute Gasteiger partial charge is 0.469 e. The number of methoxy groups -OCH3 is 1. The van der Waals surface area contributed by atoms with Crippen molar-refractivity contribution in [1.82, 2.24) is 15.1 Å². The normalized spacial score (nSPS) is 12.1. The molecule has 0 aliphatic carbocycles. The van der Waals surface area contributed by atoms with E-state index in [1.807, 2.05) is 49.6 Å². The lowest BCUT2D eigenvalue weighted by Crippen LogP contribution is -2.29. The van der Waals surface area contributed by atoms with Crippen LogP contribution < -0.4 is 5.32 Å². The van der Waals surface area contributed by atoms with E-state index in [1.54, 1.807) is 4.68 Å². The maximum atomic E-state index is 11.9. The fourth-order valence-corrected chi connectivity index (χ4v) is 2.22. The van der Waals surface area contributed by atoms with E-state index in [0.29, 0.717) is 6.54 Å². The Labute approximate surface area is 124 Å². The van der Waals surface area contributed by atoms with Gasteiger partial charge in [0.05, 0.1) is 18.7 Å². The van der Waals surface area contributed by atoms with E-state index < -0.39 is 0 Å². The second kappa shape index (κ2) is 7.59. The lowest BCUT2D eigenvalue weighted by atomic mass is 9.99. The molecular formula is C16H21N3O2. The fraction of sp³-hybridized carbons (Fsp3) is 0.375. The van der Waals surface area contributed by atoms with Gasteiger partial charge >= 0.3 is 5.97 Å². The Bertz CT molecular complexity index is 566. The van der Waals surface area contributed by atoms with Gasteiger partial charge in [0.15, 0.2) is 0 Å². The van der Waals surface area contributed by atoms with E-state index in [2.05, 4.69) is 10.4 Å². The lowest BCUT2D eigenvalue weighted by molar-refractivity contribution is -0.142. The molecule has 1 aromatic heterocycles. The van der Waals surface area contributed by atoms with Crippen LogP contribution in [0.25, 0.3) is 0 Å². The van der Waals surface area contributed by atoms with Gasteiger partial charge in [-0.3, -0.25) is 9.48 Å². The number of hydrogen-bond donors (Lipinski definition) is 1. The molecule has 0 saturated carbocycles. The molecule has 0 aliphatic heterocycles. The first-order valence-corrected chi connectivity index (χ1v) is 7.02. The third-order valence-corrected chi connectivity index (χ3v) is 3.36. The van der Waals surface area contributed by atoms with Gasteiger partial charge in [0.1, 0.15) is 0 Å². The number of rotatable bonds is 7. The highest BCUT2D eigenvalue weighted by Crippen LogP contribution is 2.16. The summed E-state index contributed by atoms with van der Waals surface area (Å²) in [6.45, 7) is 1.33. The summed E-state index contributed by atoms with van der Waals surface area (Å²) in [5, 5.41) is 7.63. The summed E-state index contributed by atoms with van der Waals surface area (Å²) in [6.07, 6.45) is 2.76. The Kier molecular flexibility index (Phi) is 5.51. The molecule has 2 aromatic rings. The lowest BCUT2D eigenvalue weighted by Gasteiger charge is -2.15. The van der Waals surface area contributed by atoms with E-state index in [4.69, 9.17) is 4.74 Å². The van der Waals surface area contributed by atoms with Crippen molar-refractivity contribution in [3.05, 3.63) is 53.9 Å². The first-order chi connectivity index (χ1) is 10.2. The SMILES string of the molecule is COC(=O)C(CNCCc1ccn(C)n1)c1ccccc1. The van der Waals surface area contributed by atoms with E-state index in [9.17, 15) is 4.79 Å². The molecule has 0 radical (unpaired) electrons. The molecule has 2 rings (SSSR count). The highest BCUT2D eigenvalue weighted by atomic mass is 16.5. The van der Waals surface area contributed by atoms with Crippen LogP contribution in [0, 0.1) is 0 Å². The molecule has 0 amide bonds. The highest BCUT2D eigenvalue weighted by molar-refractivity contribution is 5.78. The average Bonchev–Trinajstić information content (AvgIpc) is 2.93. The maximum absolute atomic E-state index is 11.9. The van der Waals surface area contributed by atoms with Crippen molar-refractivity contribution in [2.45, 2.75) is 12.3 Å². The molecular weight excluding hydrogens is 266 g/mol. The molecule has 5 nitrogen and oxygen atoms in total. The second-order valence-electron chi connectivity index (χ2n) is 4.92. The molecule has 0 fully saturated rings. The van der Waals surface area contributed by atoms with Crippen LogP contribution in [0.2, 0.25) is 0 Å². The van der Waals surface area contributed by atoms with Gasteiger partial charge in [-0.2, -0.15) is 5.10 Å². The highest BCUT2D eigenvalue weighted by Gasteiger charge is 2.20. The number of aryl methyl sites for hydroxylation is 1. The van der Waals surface area contributed by atoms with Gasteiger partial charge in [0, 0.05) is 32.8 Å². The monoisotopic (exact) mass is 287 g/mol. The number of nitrogens with one attached hydrogen (secondary N) is 1. The van der Waals surface area contributed by atoms with Crippen LogP contribution >= 0.6 is 0 Å². The second-order valence-corrected chi connectivity index (χ2v) is 4.92. The number of esters is 1. The van der Waals surface area contributed by atoms with E-state index in [0.717, 1.165) is 24.2 Å². The Morgan fingerprint density at radius 2 is 2.10 bits per heavy atom. The molecule has 5 heteroatoms. The summed E-state index contributed by atoms with van der Waals surface area (Å²) >= 11 is 0. The topological polar surface area (TPSA) is 56.1 Å². The molecule has 21 heavy (non-hydrogen) atoms. The molecule has 0 spiro atoms. The number of hydrogen-bond acceptors (Lipinski definition) is 4. The first-order valence-electron chi connectivity index (χ1n) is 7.02. The number of benzene rings is 1. The van der Waals surface area contributed by atoms with Crippen LogP contribution in [-0.4, -0.2) is 35.9 Å². The summed E-state index contributed by atoms with van der Waals surface area (Å²) in [7, 11) is 3.33. The zero-order chi connectivity index (χ0) is 15.1. The number of ether oxygens (including phenoxy) is 1. The molecule has 1 atom stereocenters. The Balaban J connectivity index is 1.86. The number of nitrogens with zero attached hydrogens (tertiary/aromatic N) is 2. The summed E-state index contributed by atoms with van der Waals surface area (Å²) in [4.78, 5) is 11.9. The Morgan fingerprint density at radius 1 is 1.33 bits per heavy atom. The third-order valence-electron chi connectivity index (χ3n) is 3.36. The molecule has 1 unspecified atom stereocenters. The molecule has 1 N–H and O–H groups in total. The smallest absolute Gasteiger partial charge is 0.314 e. The quantitative estimate of drug-likeness (QED) is 0.619. The van der Waals surface area contributed by atoms with Crippen LogP contribution in [0.3, 0.4) is 0 Å². The molecule has 112 valence electrons. The van der Waals surface area contributed by atoms with Crippen LogP contribution in [0.1, 0.15) is 17.2 Å². The predicted octanol–water partition coefficient (Wildman–Crippen LogP) is 1.51. The molecule has 0 saturated heterocycles. The van der Waals surface area contributed by atoms with Crippen molar-refractivity contribution in [2.75, 3.05) is 20.2 Å². The van der Waals surface area contributed by atoms with Gasteiger partial charge in [-0.15, -0.1) is 0 Å². The maximum Gasteiger partial charge on any atom is 0.314 e. The van der Waals surface area contributed by atoms with Gasteiger partial charge in [-0.1, -0.05) is 30.3 Å². The van der Waals surface area contributed by atoms with Gasteiger partial charge < -0.3 is 10.1 Å². The van der Waals surface area contributed by atoms with Gasteiger partial charge in [0.2, 0.25) is 0 Å². The minimum atomic E-state index is -0.278. The van der Waals surface area contributed by atoms with Gasteiger partial charge in [0.25, 0.3) is 0 Å². The zero-order valence-electron chi connectivity index (χ0n) is 12.5. The van der Waals surface area contributed by atoms with Crippen LogP contribution in [0.15, 0.2) is 42.6 Å². The van der Waals surface area contributed by atoms with Crippen LogP contribution in [-0.2, 0) is 23.0 Å². The zero-order valence-corrected chi connectivity index (χ0v) is 12.5. The van der Waals surface area contributed by atoms with E-state index in [-0.39, 0.29) is 11.9 Å². The van der Waals surface area contributed by atoms with Crippen molar-refractivity contribution in [3.8, 4) is 0 Å². The minimum Gasteiger partial charge on any atom is -0.469 e. The number of carbonyl (C=O) groups excluding carboxylic acids is 1. The van der Waals surface area contributed by atoms with Crippen molar-refractivity contribution in [1.29, 1.82) is 0 Å². The van der Waals surface area contributed by atoms with Crippen molar-refractivity contribution in [2.24, 2.45) is 7.05 Å². The Morgan fingerprint density at radius 3 is 2.71 bits per heavy atom. The summed E-state index contributed by atoms with van der Waals surface area (Å²) in [5.74, 6) is -0.494. The van der Waals surface area contributed by atoms with Crippen molar-refractivity contribution in [3.63, 3.8) is 0 Å². The molecule has 0 bridgehead atoms. The summed E-state index contributed by atoms with van der Waals surface area (Å²) < 4.78 is 6.68. The minimum absolute atomic E-state index is 0.216. The fourth-order valence-electron chi connectivity index (χ4n) is 2.22. The average molecular weight is 287 g/mol. The summed E-state index contributed by atoms with van der Waals surface area (Å²) in [6, 6.07) is 11.7. The van der Waals surface area contributed by atoms with Crippen LogP contribution in [0.5, 0.6) is 0 Å². The molecule has 1 heterocycles.